The molecule has 1 aromatic heterocycles. The van der Waals surface area contributed by atoms with Gasteiger partial charge < -0.3 is 25.2 Å². The van der Waals surface area contributed by atoms with Crippen LogP contribution in [0.2, 0.25) is 0 Å². The fourth-order valence-corrected chi connectivity index (χ4v) is 4.09. The Hall–Kier alpha value is -4.18. The highest BCUT2D eigenvalue weighted by molar-refractivity contribution is 5.85. The molecule has 10 nitrogen and oxygen atoms in total. The van der Waals surface area contributed by atoms with Crippen molar-refractivity contribution in [3.63, 3.8) is 0 Å². The maximum atomic E-state index is 12.1. The Morgan fingerprint density at radius 3 is 2.31 bits per heavy atom. The van der Waals surface area contributed by atoms with Crippen molar-refractivity contribution >= 4 is 18.0 Å². The van der Waals surface area contributed by atoms with Gasteiger partial charge in [0.05, 0.1) is 18.8 Å². The van der Waals surface area contributed by atoms with E-state index >= 15 is 0 Å². The first-order chi connectivity index (χ1) is 16.9. The van der Waals surface area contributed by atoms with Crippen LogP contribution in [-0.2, 0) is 27.9 Å². The Bertz CT molecular complexity index is 1190. The van der Waals surface area contributed by atoms with E-state index in [2.05, 4.69) is 40.0 Å². The molecule has 4 rings (SSSR count). The number of carbonyl (C=O) groups is 3. The van der Waals surface area contributed by atoms with Crippen molar-refractivity contribution in [3.05, 3.63) is 77.1 Å². The lowest BCUT2D eigenvalue weighted by Crippen LogP contribution is -2.31. The predicted octanol–water partition coefficient (Wildman–Crippen LogP) is 2.29. The molecule has 0 fully saturated rings. The van der Waals surface area contributed by atoms with E-state index in [4.69, 9.17) is 14.6 Å². The van der Waals surface area contributed by atoms with Gasteiger partial charge in [0.1, 0.15) is 18.9 Å². The maximum absolute atomic E-state index is 12.1. The molecule has 10 heteroatoms. The van der Waals surface area contributed by atoms with Crippen LogP contribution in [0, 0.1) is 0 Å². The number of hydrogen-bond acceptors (Lipinski definition) is 6. The maximum Gasteiger partial charge on any atom is 0.407 e. The van der Waals surface area contributed by atoms with Crippen molar-refractivity contribution in [2.45, 2.75) is 12.5 Å². The zero-order chi connectivity index (χ0) is 24.8. The van der Waals surface area contributed by atoms with Gasteiger partial charge in [-0.15, -0.1) is 0 Å². The van der Waals surface area contributed by atoms with Gasteiger partial charge in [-0.1, -0.05) is 48.5 Å². The zero-order valence-electron chi connectivity index (χ0n) is 19.2. The number of nitrogens with one attached hydrogen (secondary N) is 2. The minimum absolute atomic E-state index is 0.0150. The number of nitrogens with zero attached hydrogens (tertiary/aromatic N) is 2. The predicted molar refractivity (Wildman–Crippen MR) is 126 cm³/mol. The zero-order valence-corrected chi connectivity index (χ0v) is 19.2. The highest BCUT2D eigenvalue weighted by atomic mass is 16.5. The number of carbonyl (C=O) groups excluding carboxylic acids is 2. The minimum Gasteiger partial charge on any atom is -0.477 e. The van der Waals surface area contributed by atoms with Gasteiger partial charge in [0.25, 0.3) is 0 Å². The Labute approximate surface area is 201 Å². The number of carboxylic acids is 1. The summed E-state index contributed by atoms with van der Waals surface area (Å²) in [6, 6.07) is 17.6. The molecule has 0 aliphatic heterocycles. The number of fused-ring (bicyclic) bond motifs is 3. The van der Waals surface area contributed by atoms with Crippen molar-refractivity contribution in [1.29, 1.82) is 0 Å². The Morgan fingerprint density at radius 1 is 1.03 bits per heavy atom. The van der Waals surface area contributed by atoms with E-state index in [1.54, 1.807) is 0 Å². The lowest BCUT2D eigenvalue weighted by molar-refractivity contribution is -0.125. The van der Waals surface area contributed by atoms with E-state index in [0.29, 0.717) is 5.69 Å². The number of aryl methyl sites for hydroxylation is 1. The van der Waals surface area contributed by atoms with E-state index in [1.807, 2.05) is 24.3 Å². The lowest BCUT2D eigenvalue weighted by atomic mass is 9.98. The van der Waals surface area contributed by atoms with Gasteiger partial charge in [-0.2, -0.15) is 5.10 Å². The molecule has 3 N–H and O–H groups in total. The molecular formula is C25H26N4O6. The topological polar surface area (TPSA) is 132 Å². The monoisotopic (exact) mass is 478 g/mol. The number of aromatic carboxylic acids is 1. The second kappa shape index (κ2) is 10.8. The van der Waals surface area contributed by atoms with E-state index in [-0.39, 0.29) is 50.4 Å². The van der Waals surface area contributed by atoms with Crippen LogP contribution in [0.15, 0.2) is 54.6 Å². The van der Waals surface area contributed by atoms with Crippen LogP contribution in [0.3, 0.4) is 0 Å². The van der Waals surface area contributed by atoms with E-state index in [9.17, 15) is 14.4 Å². The first kappa shape index (κ1) is 24.0. The van der Waals surface area contributed by atoms with Crippen LogP contribution in [0.4, 0.5) is 4.79 Å². The average Bonchev–Trinajstić information content (AvgIpc) is 3.39. The van der Waals surface area contributed by atoms with Gasteiger partial charge in [-0.3, -0.25) is 9.48 Å². The van der Waals surface area contributed by atoms with Crippen molar-refractivity contribution in [2.75, 3.05) is 26.4 Å². The summed E-state index contributed by atoms with van der Waals surface area (Å²) in [6.07, 6.45) is -0.552. The average molecular weight is 479 g/mol. The molecule has 1 heterocycles. The van der Waals surface area contributed by atoms with Crippen LogP contribution in [-0.4, -0.2) is 59.2 Å². The Morgan fingerprint density at radius 2 is 1.69 bits per heavy atom. The molecule has 2 amide bonds. The van der Waals surface area contributed by atoms with Gasteiger partial charge in [-0.05, 0) is 28.3 Å². The van der Waals surface area contributed by atoms with Gasteiger partial charge in [0.2, 0.25) is 5.91 Å². The Kier molecular flexibility index (Phi) is 7.41. The number of carboxylic acid groups (broad SMARTS) is 1. The highest BCUT2D eigenvalue weighted by Crippen LogP contribution is 2.44. The molecule has 0 spiro atoms. The van der Waals surface area contributed by atoms with Crippen LogP contribution >= 0.6 is 0 Å². The van der Waals surface area contributed by atoms with Crippen LogP contribution < -0.4 is 10.6 Å². The molecule has 35 heavy (non-hydrogen) atoms. The third-order valence-corrected chi connectivity index (χ3v) is 5.71. The summed E-state index contributed by atoms with van der Waals surface area (Å²) in [4.78, 5) is 35.1. The fourth-order valence-electron chi connectivity index (χ4n) is 4.09. The standard InChI is InChI=1S/C25H26N4O6/c1-29-22(24(31)32)12-16(28-29)13-27-23(30)15-34-11-10-26-25(33)35-14-21-19-8-4-2-6-17(19)18-7-3-5-9-20(18)21/h2-9,12,21H,10-11,13-15H2,1H3,(H,26,33)(H,27,30)(H,31,32). The second-order valence-corrected chi connectivity index (χ2v) is 8.03. The van der Waals surface area contributed by atoms with Crippen LogP contribution in [0.25, 0.3) is 11.1 Å². The summed E-state index contributed by atoms with van der Waals surface area (Å²) >= 11 is 0. The van der Waals surface area contributed by atoms with Gasteiger partial charge >= 0.3 is 12.1 Å². The highest BCUT2D eigenvalue weighted by Gasteiger charge is 2.28. The van der Waals surface area contributed by atoms with Gasteiger partial charge in [0, 0.05) is 19.5 Å². The normalized spacial score (nSPS) is 12.0. The number of hydrogen-bond donors (Lipinski definition) is 3. The summed E-state index contributed by atoms with van der Waals surface area (Å²) in [7, 11) is 1.52. The minimum atomic E-state index is -1.09. The molecule has 0 bridgehead atoms. The van der Waals surface area contributed by atoms with E-state index < -0.39 is 12.1 Å². The summed E-state index contributed by atoms with van der Waals surface area (Å²) in [5.41, 5.74) is 5.06. The van der Waals surface area contributed by atoms with E-state index in [0.717, 1.165) is 22.3 Å². The molecular weight excluding hydrogens is 452 g/mol. The molecule has 0 saturated carbocycles. The first-order valence-corrected chi connectivity index (χ1v) is 11.1. The summed E-state index contributed by atoms with van der Waals surface area (Å²) < 4.78 is 11.9. The molecule has 0 unspecified atom stereocenters. The van der Waals surface area contributed by atoms with Crippen molar-refractivity contribution in [2.24, 2.45) is 7.05 Å². The lowest BCUT2D eigenvalue weighted by Gasteiger charge is -2.14. The van der Waals surface area contributed by atoms with Crippen LogP contribution in [0.1, 0.15) is 33.2 Å². The molecule has 1 aliphatic carbocycles. The summed E-state index contributed by atoms with van der Waals surface area (Å²) in [5, 5.41) is 18.3. The molecule has 0 atom stereocenters. The number of aromatic nitrogens is 2. The number of benzene rings is 2. The molecule has 0 radical (unpaired) electrons. The third-order valence-electron chi connectivity index (χ3n) is 5.71. The SMILES string of the molecule is Cn1nc(CNC(=O)COCCNC(=O)OCC2c3ccccc3-c3ccccc32)cc1C(=O)O. The first-order valence-electron chi connectivity index (χ1n) is 11.1. The summed E-state index contributed by atoms with van der Waals surface area (Å²) in [5.74, 6) is -1.49. The quantitative estimate of drug-likeness (QED) is 0.381. The van der Waals surface area contributed by atoms with Gasteiger partial charge in [-0.25, -0.2) is 9.59 Å². The van der Waals surface area contributed by atoms with Crippen molar-refractivity contribution < 1.29 is 29.0 Å². The van der Waals surface area contributed by atoms with Crippen molar-refractivity contribution in [3.8, 4) is 11.1 Å². The number of rotatable bonds is 10. The number of amides is 2. The third kappa shape index (κ3) is 5.67. The molecule has 3 aromatic rings. The Balaban J connectivity index is 1.14. The number of alkyl carbamates (subject to hydrolysis) is 1. The smallest absolute Gasteiger partial charge is 0.407 e. The second-order valence-electron chi connectivity index (χ2n) is 8.03. The molecule has 2 aromatic carbocycles. The number of ether oxygens (including phenoxy) is 2. The van der Waals surface area contributed by atoms with E-state index in [1.165, 1.54) is 17.8 Å². The largest absolute Gasteiger partial charge is 0.477 e. The molecule has 1 aliphatic rings. The fraction of sp³-hybridized carbons (Fsp3) is 0.280. The van der Waals surface area contributed by atoms with Crippen LogP contribution in [0.5, 0.6) is 0 Å². The van der Waals surface area contributed by atoms with Gasteiger partial charge in [0.15, 0.2) is 0 Å². The molecule has 0 saturated heterocycles. The summed E-state index contributed by atoms with van der Waals surface area (Å²) in [6.45, 7) is 0.420. The molecule has 182 valence electrons. The van der Waals surface area contributed by atoms with Crippen molar-refractivity contribution in [1.82, 2.24) is 20.4 Å².